The van der Waals surface area contributed by atoms with Crippen molar-refractivity contribution < 1.29 is 24.1 Å². The van der Waals surface area contributed by atoms with Gasteiger partial charge in [0.1, 0.15) is 29.5 Å². The van der Waals surface area contributed by atoms with Crippen LogP contribution in [0.4, 0.5) is 10.1 Å². The minimum atomic E-state index is -1.27. The van der Waals surface area contributed by atoms with Crippen molar-refractivity contribution in [3.05, 3.63) is 57.7 Å². The molecule has 1 unspecified atom stereocenters. The molecule has 168 valence electrons. The van der Waals surface area contributed by atoms with Crippen molar-refractivity contribution in [2.45, 2.75) is 46.1 Å². The van der Waals surface area contributed by atoms with Gasteiger partial charge in [-0.15, -0.1) is 0 Å². The van der Waals surface area contributed by atoms with E-state index in [0.717, 1.165) is 11.6 Å². The molecular formula is C23H29FN2O5. The first-order valence-electron chi connectivity index (χ1n) is 10.1. The van der Waals surface area contributed by atoms with Crippen LogP contribution in [0.15, 0.2) is 35.5 Å². The highest BCUT2D eigenvalue weighted by atomic mass is 19.1. The minimum Gasteiger partial charge on any atom is -0.507 e. The van der Waals surface area contributed by atoms with Crippen LogP contribution in [0.3, 0.4) is 0 Å². The Hall–Kier alpha value is -3.16. The SMILES string of the molecule is CCN(CC)c1c(F)cc(C(COc2ccc(C(=O)O)c(O)c2)N=O)cc1C(C)(C)C. The summed E-state index contributed by atoms with van der Waals surface area (Å²) in [5.74, 6) is -1.98. The molecule has 2 aromatic carbocycles. The van der Waals surface area contributed by atoms with Crippen molar-refractivity contribution in [3.63, 3.8) is 0 Å². The Balaban J connectivity index is 2.37. The standard InChI is InChI=1S/C23H29FN2O5/c1-6-26(7-2)21-17(23(3,4)5)10-14(11-18(21)24)19(25-30)13-31-15-8-9-16(22(28)29)20(27)12-15/h8-12,19,27H,6-7,13H2,1-5H3,(H,28,29). The Morgan fingerprint density at radius 3 is 2.32 bits per heavy atom. The number of anilines is 1. The van der Waals surface area contributed by atoms with E-state index in [9.17, 15) is 14.8 Å². The van der Waals surface area contributed by atoms with Gasteiger partial charge in [0, 0.05) is 19.2 Å². The van der Waals surface area contributed by atoms with Crippen LogP contribution in [-0.4, -0.2) is 35.9 Å². The van der Waals surface area contributed by atoms with Crippen LogP contribution >= 0.6 is 0 Å². The molecule has 0 heterocycles. The van der Waals surface area contributed by atoms with E-state index in [1.54, 1.807) is 6.07 Å². The van der Waals surface area contributed by atoms with Gasteiger partial charge in [0.05, 0.1) is 5.69 Å². The Morgan fingerprint density at radius 1 is 1.19 bits per heavy atom. The number of phenols is 1. The summed E-state index contributed by atoms with van der Waals surface area (Å²) in [5.41, 5.74) is 1.03. The zero-order valence-electron chi connectivity index (χ0n) is 18.5. The van der Waals surface area contributed by atoms with Crippen LogP contribution in [0.25, 0.3) is 0 Å². The summed E-state index contributed by atoms with van der Waals surface area (Å²) in [5, 5.41) is 21.9. The number of nitrogens with zero attached hydrogens (tertiary/aromatic N) is 2. The van der Waals surface area contributed by atoms with Crippen molar-refractivity contribution in [2.75, 3.05) is 24.6 Å². The molecule has 0 bridgehead atoms. The molecule has 0 fully saturated rings. The first kappa shape index (κ1) is 24.1. The highest BCUT2D eigenvalue weighted by Gasteiger charge is 2.27. The molecule has 0 radical (unpaired) electrons. The summed E-state index contributed by atoms with van der Waals surface area (Å²) in [4.78, 5) is 24.5. The van der Waals surface area contributed by atoms with Crippen LogP contribution in [0, 0.1) is 10.7 Å². The molecule has 0 aliphatic rings. The number of aromatic carboxylic acids is 1. The van der Waals surface area contributed by atoms with E-state index in [4.69, 9.17) is 9.84 Å². The van der Waals surface area contributed by atoms with Crippen LogP contribution in [0.1, 0.15) is 62.1 Å². The van der Waals surface area contributed by atoms with E-state index in [1.807, 2.05) is 39.5 Å². The van der Waals surface area contributed by atoms with E-state index in [-0.39, 0.29) is 23.3 Å². The zero-order chi connectivity index (χ0) is 23.3. The molecule has 0 aliphatic carbocycles. The number of rotatable bonds is 9. The van der Waals surface area contributed by atoms with Crippen molar-refractivity contribution >= 4 is 11.7 Å². The Labute approximate surface area is 181 Å². The number of carboxylic acids is 1. The Bertz CT molecular complexity index is 952. The lowest BCUT2D eigenvalue weighted by Crippen LogP contribution is -2.28. The minimum absolute atomic E-state index is 0.174. The number of hydrogen-bond acceptors (Lipinski definition) is 6. The van der Waals surface area contributed by atoms with Gasteiger partial charge in [0.25, 0.3) is 0 Å². The average Bonchev–Trinajstić information content (AvgIpc) is 2.69. The third-order valence-corrected chi connectivity index (χ3v) is 5.09. The number of halogens is 1. The highest BCUT2D eigenvalue weighted by Crippen LogP contribution is 2.37. The van der Waals surface area contributed by atoms with E-state index in [1.165, 1.54) is 18.2 Å². The van der Waals surface area contributed by atoms with Crippen LogP contribution in [-0.2, 0) is 5.41 Å². The first-order valence-corrected chi connectivity index (χ1v) is 10.1. The fraction of sp³-hybridized carbons (Fsp3) is 0.435. The first-order chi connectivity index (χ1) is 14.5. The van der Waals surface area contributed by atoms with Gasteiger partial charge >= 0.3 is 5.97 Å². The maximum Gasteiger partial charge on any atom is 0.339 e. The Kier molecular flexibility index (Phi) is 7.60. The number of carboxylic acid groups (broad SMARTS) is 1. The van der Waals surface area contributed by atoms with Crippen molar-refractivity contribution in [1.82, 2.24) is 0 Å². The fourth-order valence-electron chi connectivity index (χ4n) is 3.39. The molecule has 0 amide bonds. The van der Waals surface area contributed by atoms with Gasteiger partial charge in [0.2, 0.25) is 0 Å². The highest BCUT2D eigenvalue weighted by molar-refractivity contribution is 5.90. The van der Waals surface area contributed by atoms with Gasteiger partial charge in [-0.05, 0) is 48.6 Å². The lowest BCUT2D eigenvalue weighted by atomic mass is 9.83. The van der Waals surface area contributed by atoms with Gasteiger partial charge in [-0.25, -0.2) is 9.18 Å². The number of nitroso groups, excluding NO2 is 1. The third kappa shape index (κ3) is 5.51. The zero-order valence-corrected chi connectivity index (χ0v) is 18.5. The number of carbonyl (C=O) groups is 1. The summed E-state index contributed by atoms with van der Waals surface area (Å²) >= 11 is 0. The largest absolute Gasteiger partial charge is 0.507 e. The summed E-state index contributed by atoms with van der Waals surface area (Å²) in [7, 11) is 0. The average molecular weight is 432 g/mol. The summed E-state index contributed by atoms with van der Waals surface area (Å²) in [6.07, 6.45) is 0. The lowest BCUT2D eigenvalue weighted by molar-refractivity contribution is 0.0693. The molecule has 1 atom stereocenters. The van der Waals surface area contributed by atoms with Gasteiger partial charge in [-0.3, -0.25) is 0 Å². The topological polar surface area (TPSA) is 99.4 Å². The number of ether oxygens (including phenoxy) is 1. The normalized spacial score (nSPS) is 12.3. The molecule has 31 heavy (non-hydrogen) atoms. The van der Waals surface area contributed by atoms with Crippen molar-refractivity contribution in [3.8, 4) is 11.5 Å². The van der Waals surface area contributed by atoms with Crippen LogP contribution in [0.2, 0.25) is 0 Å². The molecule has 2 aromatic rings. The number of hydrogen-bond donors (Lipinski definition) is 2. The summed E-state index contributed by atoms with van der Waals surface area (Å²) in [6, 6.07) is 5.83. The van der Waals surface area contributed by atoms with E-state index in [0.29, 0.717) is 24.3 Å². The summed E-state index contributed by atoms with van der Waals surface area (Å²) in [6.45, 7) is 10.9. The lowest BCUT2D eigenvalue weighted by Gasteiger charge is -2.31. The molecule has 8 heteroatoms. The van der Waals surface area contributed by atoms with E-state index >= 15 is 4.39 Å². The van der Waals surface area contributed by atoms with Gasteiger partial charge < -0.3 is 19.8 Å². The molecule has 0 aromatic heterocycles. The third-order valence-electron chi connectivity index (χ3n) is 5.09. The summed E-state index contributed by atoms with van der Waals surface area (Å²) < 4.78 is 20.7. The molecule has 2 rings (SSSR count). The maximum absolute atomic E-state index is 15.2. The van der Waals surface area contributed by atoms with Crippen molar-refractivity contribution in [2.24, 2.45) is 5.18 Å². The molecule has 0 saturated heterocycles. The number of benzene rings is 2. The van der Waals surface area contributed by atoms with E-state index in [2.05, 4.69) is 5.18 Å². The van der Waals surface area contributed by atoms with Gasteiger partial charge in [0.15, 0.2) is 6.04 Å². The second-order valence-electron chi connectivity index (χ2n) is 8.24. The molecular weight excluding hydrogens is 403 g/mol. The van der Waals surface area contributed by atoms with E-state index < -0.39 is 23.6 Å². The van der Waals surface area contributed by atoms with Gasteiger partial charge in [-0.2, -0.15) is 4.91 Å². The fourth-order valence-corrected chi connectivity index (χ4v) is 3.39. The predicted molar refractivity (Wildman–Crippen MR) is 118 cm³/mol. The molecule has 7 nitrogen and oxygen atoms in total. The smallest absolute Gasteiger partial charge is 0.339 e. The predicted octanol–water partition coefficient (Wildman–Crippen LogP) is 5.26. The molecule has 0 spiro atoms. The maximum atomic E-state index is 15.2. The Morgan fingerprint density at radius 2 is 1.84 bits per heavy atom. The second kappa shape index (κ2) is 9.76. The molecule has 2 N–H and O–H groups in total. The second-order valence-corrected chi connectivity index (χ2v) is 8.24. The van der Waals surface area contributed by atoms with Crippen LogP contribution < -0.4 is 9.64 Å². The molecule has 0 saturated carbocycles. The molecule has 0 aliphatic heterocycles. The van der Waals surface area contributed by atoms with Crippen molar-refractivity contribution in [1.29, 1.82) is 0 Å². The van der Waals surface area contributed by atoms with Crippen LogP contribution in [0.5, 0.6) is 11.5 Å². The number of aromatic hydroxyl groups is 1. The quantitative estimate of drug-likeness (QED) is 0.525. The van der Waals surface area contributed by atoms with Gasteiger partial charge in [-0.1, -0.05) is 32.0 Å². The monoisotopic (exact) mass is 432 g/mol.